The van der Waals surface area contributed by atoms with Crippen molar-refractivity contribution < 1.29 is 4.79 Å². The second-order valence-corrected chi connectivity index (χ2v) is 6.14. The summed E-state index contributed by atoms with van der Waals surface area (Å²) >= 11 is 2.24. The number of alkyl halides is 1. The quantitative estimate of drug-likeness (QED) is 0.435. The van der Waals surface area contributed by atoms with Crippen molar-refractivity contribution in [2.24, 2.45) is 0 Å². The maximum atomic E-state index is 12.4. The topological polar surface area (TPSA) is 23.6 Å². The zero-order chi connectivity index (χ0) is 12.7. The van der Waals surface area contributed by atoms with Crippen molar-refractivity contribution in [3.8, 4) is 0 Å². The van der Waals surface area contributed by atoms with Crippen molar-refractivity contribution in [3.05, 3.63) is 23.7 Å². The summed E-state index contributed by atoms with van der Waals surface area (Å²) in [6.07, 6.45) is 1.92. The molecule has 2 aliphatic rings. The second kappa shape index (κ2) is 4.96. The van der Waals surface area contributed by atoms with E-state index in [2.05, 4.69) is 35.6 Å². The molecule has 0 aliphatic carbocycles. The molecule has 2 radical (unpaired) electrons. The fourth-order valence-corrected chi connectivity index (χ4v) is 3.64. The van der Waals surface area contributed by atoms with Gasteiger partial charge in [-0.25, -0.2) is 0 Å². The normalized spacial score (nSPS) is 25.3. The Hall–Kier alpha value is -0.360. The number of amides is 1. The Morgan fingerprint density at radius 2 is 2.11 bits per heavy atom. The minimum absolute atomic E-state index is 0.0327. The molecule has 0 aromatic carbocycles. The summed E-state index contributed by atoms with van der Waals surface area (Å²) < 4.78 is -0.0327. The number of fused-ring (bicyclic) bond motifs is 1. The van der Waals surface area contributed by atoms with E-state index in [0.717, 1.165) is 37.1 Å². The van der Waals surface area contributed by atoms with Gasteiger partial charge in [-0.2, -0.15) is 0 Å². The van der Waals surface area contributed by atoms with Crippen molar-refractivity contribution in [1.29, 1.82) is 0 Å². The first-order valence-corrected chi connectivity index (χ1v) is 7.49. The Balaban J connectivity index is 1.91. The first kappa shape index (κ1) is 12.7. The summed E-state index contributed by atoms with van der Waals surface area (Å²) in [6, 6.07) is 4.37. The third-order valence-corrected chi connectivity index (χ3v) is 4.99. The SMILES string of the molecule is [B]N1CCC(N2C(=O)C(I)c3cccbc32)CC1. The monoisotopic (exact) mass is 350 g/mol. The van der Waals surface area contributed by atoms with E-state index in [9.17, 15) is 4.79 Å². The zero-order valence-electron chi connectivity index (χ0n) is 10.1. The van der Waals surface area contributed by atoms with Crippen LogP contribution in [0.4, 0.5) is 5.58 Å². The van der Waals surface area contributed by atoms with Gasteiger partial charge >= 0.3 is 123 Å². The van der Waals surface area contributed by atoms with Crippen LogP contribution in [-0.2, 0) is 4.79 Å². The van der Waals surface area contributed by atoms with Crippen LogP contribution in [0.1, 0.15) is 22.3 Å². The van der Waals surface area contributed by atoms with Gasteiger partial charge in [-0.05, 0) is 0 Å². The molecule has 1 atom stereocenters. The maximum absolute atomic E-state index is 12.4. The number of carbonyl (C=O) groups is 1. The van der Waals surface area contributed by atoms with E-state index in [4.69, 9.17) is 7.98 Å². The number of halogens is 1. The van der Waals surface area contributed by atoms with Gasteiger partial charge in [-0.15, -0.1) is 0 Å². The van der Waals surface area contributed by atoms with E-state index in [1.165, 1.54) is 0 Å². The van der Waals surface area contributed by atoms with Crippen LogP contribution in [0.15, 0.2) is 18.1 Å². The minimum atomic E-state index is -0.0327. The molecule has 3 nitrogen and oxygen atoms in total. The van der Waals surface area contributed by atoms with Gasteiger partial charge in [0.15, 0.2) is 0 Å². The van der Waals surface area contributed by atoms with E-state index in [1.807, 2.05) is 21.7 Å². The van der Waals surface area contributed by atoms with Gasteiger partial charge in [0.2, 0.25) is 0 Å². The van der Waals surface area contributed by atoms with Crippen LogP contribution in [0.25, 0.3) is 0 Å². The number of hydrogen-bond donors (Lipinski definition) is 0. The van der Waals surface area contributed by atoms with Gasteiger partial charge in [-0.1, -0.05) is 0 Å². The molecule has 0 bridgehead atoms. The van der Waals surface area contributed by atoms with E-state index in [0.29, 0.717) is 6.04 Å². The molecule has 90 valence electrons. The van der Waals surface area contributed by atoms with Gasteiger partial charge in [0.05, 0.1) is 0 Å². The first-order valence-electron chi connectivity index (χ1n) is 6.24. The summed E-state index contributed by atoms with van der Waals surface area (Å²) in [4.78, 5) is 16.3. The van der Waals surface area contributed by atoms with Crippen LogP contribution in [0.3, 0.4) is 0 Å². The summed E-state index contributed by atoms with van der Waals surface area (Å²) in [5, 5.41) is 0. The first-order chi connectivity index (χ1) is 8.68. The molecule has 1 aromatic heterocycles. The average Bonchev–Trinajstić information content (AvgIpc) is 2.64. The van der Waals surface area contributed by atoms with Gasteiger partial charge in [0.25, 0.3) is 0 Å². The molecule has 3 rings (SSSR count). The van der Waals surface area contributed by atoms with Gasteiger partial charge in [-0.3, -0.25) is 0 Å². The summed E-state index contributed by atoms with van der Waals surface area (Å²) in [5.41, 5.74) is 2.25. The molecule has 1 amide bonds. The molecule has 1 saturated heterocycles. The number of piperidine rings is 1. The Labute approximate surface area is 123 Å². The number of anilines is 1. The molecular formula is C12H13B2IN2O. The molecule has 1 unspecified atom stereocenters. The molecule has 3 heterocycles. The van der Waals surface area contributed by atoms with Crippen molar-refractivity contribution in [2.75, 3.05) is 18.0 Å². The van der Waals surface area contributed by atoms with Gasteiger partial charge in [0.1, 0.15) is 0 Å². The fraction of sp³-hybridized carbons (Fsp3) is 0.500. The molecule has 2 aliphatic heterocycles. The molecule has 0 saturated carbocycles. The summed E-state index contributed by atoms with van der Waals surface area (Å²) in [7, 11) is 5.78. The number of hydrogen-bond acceptors (Lipinski definition) is 2. The summed E-state index contributed by atoms with van der Waals surface area (Å²) in [5.74, 6) is 2.23. The van der Waals surface area contributed by atoms with Crippen molar-refractivity contribution in [2.45, 2.75) is 22.8 Å². The van der Waals surface area contributed by atoms with Crippen LogP contribution >= 0.6 is 22.6 Å². The van der Waals surface area contributed by atoms with E-state index >= 15 is 0 Å². The van der Waals surface area contributed by atoms with Gasteiger partial charge in [0, 0.05) is 0 Å². The van der Waals surface area contributed by atoms with Crippen molar-refractivity contribution in [1.82, 2.24) is 4.81 Å². The predicted octanol–water partition coefficient (Wildman–Crippen LogP) is 1.40. The molecule has 0 spiro atoms. The Morgan fingerprint density at radius 1 is 1.39 bits per heavy atom. The average molecular weight is 350 g/mol. The third kappa shape index (κ3) is 2.03. The van der Waals surface area contributed by atoms with Gasteiger partial charge < -0.3 is 0 Å². The fourth-order valence-electron chi connectivity index (χ4n) is 2.82. The molecule has 0 N–H and O–H groups in total. The van der Waals surface area contributed by atoms with Crippen LogP contribution in [-0.4, -0.2) is 44.7 Å². The summed E-state index contributed by atoms with van der Waals surface area (Å²) in [6.45, 7) is 3.78. The standard InChI is InChI=1S/C12H13B2IN2O/c13-16-6-3-8(4-7-16)17-11-9(2-1-5-14-11)10(15)12(17)18/h1-2,5,8,10H,3-4,6-7H2. The van der Waals surface area contributed by atoms with Crippen LogP contribution in [0, 0.1) is 0 Å². The van der Waals surface area contributed by atoms with Crippen LogP contribution in [0.5, 0.6) is 0 Å². The Kier molecular flexibility index (Phi) is 3.49. The van der Waals surface area contributed by atoms with E-state index < -0.39 is 0 Å². The van der Waals surface area contributed by atoms with Crippen LogP contribution < -0.4 is 4.90 Å². The van der Waals surface area contributed by atoms with Crippen molar-refractivity contribution in [3.63, 3.8) is 0 Å². The third-order valence-electron chi connectivity index (χ3n) is 3.79. The number of rotatable bonds is 1. The predicted molar refractivity (Wildman–Crippen MR) is 82.4 cm³/mol. The Morgan fingerprint density at radius 3 is 2.83 bits per heavy atom. The molecule has 6 heteroatoms. The molecule has 18 heavy (non-hydrogen) atoms. The second-order valence-electron chi connectivity index (χ2n) is 4.90. The van der Waals surface area contributed by atoms with Crippen LogP contribution in [0.2, 0.25) is 0 Å². The molecular weight excluding hydrogens is 337 g/mol. The molecule has 1 fully saturated rings. The van der Waals surface area contributed by atoms with E-state index in [1.54, 1.807) is 0 Å². The van der Waals surface area contributed by atoms with Crippen molar-refractivity contribution >= 4 is 49.0 Å². The van der Waals surface area contributed by atoms with E-state index in [-0.39, 0.29) is 9.83 Å². The molecule has 1 aromatic rings. The number of carbonyl (C=O) groups excluding carboxylic acids is 1. The zero-order valence-corrected chi connectivity index (χ0v) is 12.2. The Bertz CT molecular complexity index is 477. The number of nitrogens with zero attached hydrogens (tertiary/aromatic N) is 2.